The Bertz CT molecular complexity index is 549. The highest BCUT2D eigenvalue weighted by Gasteiger charge is 2.21. The number of methoxy groups -OCH3 is 1. The minimum atomic E-state index is 0.251. The van der Waals surface area contributed by atoms with E-state index in [1.165, 1.54) is 29.1 Å². The van der Waals surface area contributed by atoms with Crippen molar-refractivity contribution < 1.29 is 4.74 Å². The third-order valence-electron chi connectivity index (χ3n) is 3.91. The van der Waals surface area contributed by atoms with E-state index >= 15 is 0 Å². The minimum absolute atomic E-state index is 0.251. The molecule has 3 rings (SSSR count). The molecule has 1 N–H and O–H groups in total. The molecule has 2 atom stereocenters. The van der Waals surface area contributed by atoms with Gasteiger partial charge in [-0.05, 0) is 35.4 Å². The summed E-state index contributed by atoms with van der Waals surface area (Å²) < 4.78 is 5.26. The Morgan fingerprint density at radius 3 is 2.38 bits per heavy atom. The summed E-state index contributed by atoms with van der Waals surface area (Å²) in [5.41, 5.74) is 2.61. The predicted octanol–water partition coefficient (Wildman–Crippen LogP) is 3.88. The molecule has 2 aromatic rings. The standard InChI is InChI=1S/C18H21NOS/c1-20-17-9-7-15(8-10-17)18(14-5-3-2-4-6-14)19-16-11-12-21-13-16/h2-10,16,18-19H,11-13H2,1H3. The van der Waals surface area contributed by atoms with Gasteiger partial charge in [0.05, 0.1) is 13.2 Å². The van der Waals surface area contributed by atoms with Crippen molar-refractivity contribution in [1.82, 2.24) is 5.32 Å². The molecule has 2 aromatic carbocycles. The fourth-order valence-corrected chi connectivity index (χ4v) is 3.89. The van der Waals surface area contributed by atoms with Gasteiger partial charge >= 0.3 is 0 Å². The van der Waals surface area contributed by atoms with E-state index in [2.05, 4.69) is 47.8 Å². The summed E-state index contributed by atoms with van der Waals surface area (Å²) in [7, 11) is 1.71. The van der Waals surface area contributed by atoms with Gasteiger partial charge in [-0.25, -0.2) is 0 Å². The van der Waals surface area contributed by atoms with Crippen molar-refractivity contribution in [1.29, 1.82) is 0 Å². The number of benzene rings is 2. The van der Waals surface area contributed by atoms with Crippen LogP contribution in [0.15, 0.2) is 54.6 Å². The minimum Gasteiger partial charge on any atom is -0.497 e. The van der Waals surface area contributed by atoms with Crippen molar-refractivity contribution in [2.45, 2.75) is 18.5 Å². The molecule has 2 unspecified atom stereocenters. The number of hydrogen-bond donors (Lipinski definition) is 1. The van der Waals surface area contributed by atoms with Crippen molar-refractivity contribution >= 4 is 11.8 Å². The zero-order valence-corrected chi connectivity index (χ0v) is 13.1. The summed E-state index contributed by atoms with van der Waals surface area (Å²) in [6.07, 6.45) is 1.25. The first-order valence-corrected chi connectivity index (χ1v) is 8.55. The van der Waals surface area contributed by atoms with Gasteiger partial charge in [-0.15, -0.1) is 0 Å². The summed E-state index contributed by atoms with van der Waals surface area (Å²) in [6.45, 7) is 0. The number of ether oxygens (including phenoxy) is 1. The van der Waals surface area contributed by atoms with Crippen LogP contribution in [0.2, 0.25) is 0 Å². The third kappa shape index (κ3) is 3.60. The molecule has 1 aliphatic rings. The zero-order chi connectivity index (χ0) is 14.5. The van der Waals surface area contributed by atoms with E-state index in [1.54, 1.807) is 7.11 Å². The number of nitrogens with one attached hydrogen (secondary N) is 1. The molecule has 21 heavy (non-hydrogen) atoms. The van der Waals surface area contributed by atoms with Gasteiger partial charge < -0.3 is 10.1 Å². The fraction of sp³-hybridized carbons (Fsp3) is 0.333. The van der Waals surface area contributed by atoms with Crippen LogP contribution in [-0.2, 0) is 0 Å². The van der Waals surface area contributed by atoms with Crippen LogP contribution in [0, 0.1) is 0 Å². The molecule has 0 aliphatic carbocycles. The van der Waals surface area contributed by atoms with Gasteiger partial charge in [-0.2, -0.15) is 11.8 Å². The first-order valence-electron chi connectivity index (χ1n) is 7.39. The second-order valence-electron chi connectivity index (χ2n) is 5.34. The maximum atomic E-state index is 5.26. The van der Waals surface area contributed by atoms with Crippen LogP contribution in [0.4, 0.5) is 0 Å². The van der Waals surface area contributed by atoms with E-state index in [0.717, 1.165) is 5.75 Å². The smallest absolute Gasteiger partial charge is 0.118 e. The van der Waals surface area contributed by atoms with Gasteiger partial charge in [0.15, 0.2) is 0 Å². The normalized spacial score (nSPS) is 19.4. The van der Waals surface area contributed by atoms with Gasteiger partial charge in [0, 0.05) is 11.8 Å². The molecule has 0 aromatic heterocycles. The Balaban J connectivity index is 1.86. The first-order chi connectivity index (χ1) is 10.4. The zero-order valence-electron chi connectivity index (χ0n) is 12.3. The van der Waals surface area contributed by atoms with Crippen molar-refractivity contribution in [3.8, 4) is 5.75 Å². The van der Waals surface area contributed by atoms with Crippen molar-refractivity contribution in [2.24, 2.45) is 0 Å². The largest absolute Gasteiger partial charge is 0.497 e. The summed E-state index contributed by atoms with van der Waals surface area (Å²) in [4.78, 5) is 0. The molecule has 1 fully saturated rings. The number of hydrogen-bond acceptors (Lipinski definition) is 3. The van der Waals surface area contributed by atoms with E-state index in [1.807, 2.05) is 23.9 Å². The third-order valence-corrected chi connectivity index (χ3v) is 5.08. The lowest BCUT2D eigenvalue weighted by Crippen LogP contribution is -2.33. The molecule has 0 radical (unpaired) electrons. The monoisotopic (exact) mass is 299 g/mol. The van der Waals surface area contributed by atoms with Crippen LogP contribution in [0.5, 0.6) is 5.75 Å². The average molecular weight is 299 g/mol. The molecular weight excluding hydrogens is 278 g/mol. The SMILES string of the molecule is COc1ccc(C(NC2CCSC2)c2ccccc2)cc1. The highest BCUT2D eigenvalue weighted by molar-refractivity contribution is 7.99. The van der Waals surface area contributed by atoms with Gasteiger partial charge in [-0.1, -0.05) is 42.5 Å². The molecule has 2 nitrogen and oxygen atoms in total. The molecule has 110 valence electrons. The Morgan fingerprint density at radius 1 is 1.05 bits per heavy atom. The van der Waals surface area contributed by atoms with E-state index in [4.69, 9.17) is 4.74 Å². The highest BCUT2D eigenvalue weighted by atomic mass is 32.2. The molecule has 0 amide bonds. The summed E-state index contributed by atoms with van der Waals surface area (Å²) >= 11 is 2.04. The average Bonchev–Trinajstić information content (AvgIpc) is 3.07. The van der Waals surface area contributed by atoms with Crippen LogP contribution in [0.25, 0.3) is 0 Å². The van der Waals surface area contributed by atoms with Crippen LogP contribution in [0.3, 0.4) is 0 Å². The van der Waals surface area contributed by atoms with Crippen LogP contribution in [0.1, 0.15) is 23.6 Å². The van der Waals surface area contributed by atoms with Gasteiger partial charge in [0.1, 0.15) is 5.75 Å². The molecule has 3 heteroatoms. The molecule has 0 bridgehead atoms. The topological polar surface area (TPSA) is 21.3 Å². The Kier molecular flexibility index (Phi) is 4.84. The fourth-order valence-electron chi connectivity index (χ4n) is 2.73. The lowest BCUT2D eigenvalue weighted by Gasteiger charge is -2.24. The molecular formula is C18H21NOS. The van der Waals surface area contributed by atoms with E-state index < -0.39 is 0 Å². The van der Waals surface area contributed by atoms with Crippen LogP contribution < -0.4 is 10.1 Å². The van der Waals surface area contributed by atoms with E-state index in [9.17, 15) is 0 Å². The lowest BCUT2D eigenvalue weighted by molar-refractivity contribution is 0.414. The summed E-state index contributed by atoms with van der Waals surface area (Å²) in [5.74, 6) is 3.38. The van der Waals surface area contributed by atoms with Gasteiger partial charge in [0.25, 0.3) is 0 Å². The molecule has 1 heterocycles. The van der Waals surface area contributed by atoms with Crippen molar-refractivity contribution in [3.05, 3.63) is 65.7 Å². The van der Waals surface area contributed by atoms with E-state index in [0.29, 0.717) is 6.04 Å². The maximum absolute atomic E-state index is 5.26. The molecule has 0 saturated carbocycles. The highest BCUT2D eigenvalue weighted by Crippen LogP contribution is 2.27. The van der Waals surface area contributed by atoms with Gasteiger partial charge in [0.2, 0.25) is 0 Å². The Morgan fingerprint density at radius 2 is 1.76 bits per heavy atom. The Hall–Kier alpha value is -1.45. The summed E-state index contributed by atoms with van der Waals surface area (Å²) in [5, 5.41) is 3.82. The summed E-state index contributed by atoms with van der Waals surface area (Å²) in [6, 6.07) is 19.9. The van der Waals surface area contributed by atoms with Crippen LogP contribution >= 0.6 is 11.8 Å². The lowest BCUT2D eigenvalue weighted by atomic mass is 9.97. The molecule has 0 spiro atoms. The number of rotatable bonds is 5. The first kappa shape index (κ1) is 14.5. The van der Waals surface area contributed by atoms with Crippen molar-refractivity contribution in [3.63, 3.8) is 0 Å². The predicted molar refractivity (Wildman–Crippen MR) is 90.1 cm³/mol. The quantitative estimate of drug-likeness (QED) is 0.905. The molecule has 1 saturated heterocycles. The number of thioether (sulfide) groups is 1. The Labute approximate surface area is 130 Å². The van der Waals surface area contributed by atoms with Gasteiger partial charge in [-0.3, -0.25) is 0 Å². The van der Waals surface area contributed by atoms with Crippen molar-refractivity contribution in [2.75, 3.05) is 18.6 Å². The second kappa shape index (κ2) is 7.01. The van der Waals surface area contributed by atoms with Crippen LogP contribution in [-0.4, -0.2) is 24.7 Å². The second-order valence-corrected chi connectivity index (χ2v) is 6.49. The molecule has 1 aliphatic heterocycles. The van der Waals surface area contributed by atoms with E-state index in [-0.39, 0.29) is 6.04 Å². The maximum Gasteiger partial charge on any atom is 0.118 e.